The van der Waals surface area contributed by atoms with E-state index in [2.05, 4.69) is 37.7 Å². The smallest absolute Gasteiger partial charge is 0.226 e. The number of nitrogens with zero attached hydrogens (tertiary/aromatic N) is 3. The average Bonchev–Trinajstić information content (AvgIpc) is 3.10. The van der Waals surface area contributed by atoms with Crippen molar-refractivity contribution in [3.8, 4) is 0 Å². The van der Waals surface area contributed by atoms with Crippen LogP contribution < -0.4 is 10.6 Å². The van der Waals surface area contributed by atoms with E-state index in [1.807, 2.05) is 6.92 Å². The third-order valence-electron chi connectivity index (χ3n) is 3.53. The first-order valence-electron chi connectivity index (χ1n) is 7.11. The van der Waals surface area contributed by atoms with Crippen LogP contribution in [0, 0.1) is 0 Å². The van der Waals surface area contributed by atoms with Gasteiger partial charge in [-0.15, -0.1) is 0 Å². The molecule has 3 heterocycles. The molecule has 20 heavy (non-hydrogen) atoms. The molecule has 0 bridgehead atoms. The van der Waals surface area contributed by atoms with Crippen LogP contribution in [0.15, 0.2) is 6.20 Å². The number of H-pyrrole nitrogens is 1. The summed E-state index contributed by atoms with van der Waals surface area (Å²) in [7, 11) is 0. The van der Waals surface area contributed by atoms with E-state index in [4.69, 9.17) is 4.74 Å². The predicted octanol–water partition coefficient (Wildman–Crippen LogP) is 1.76. The van der Waals surface area contributed by atoms with Crippen LogP contribution in [0.2, 0.25) is 0 Å². The molecule has 0 amide bonds. The van der Waals surface area contributed by atoms with Crippen LogP contribution in [-0.2, 0) is 4.74 Å². The molecule has 2 unspecified atom stereocenters. The molecule has 0 spiro atoms. The zero-order chi connectivity index (χ0) is 13.9. The molecule has 7 nitrogen and oxygen atoms in total. The maximum absolute atomic E-state index is 5.71. The topological polar surface area (TPSA) is 87.8 Å². The molecule has 1 aliphatic heterocycles. The Bertz CT molecular complexity index is 577. The van der Waals surface area contributed by atoms with Crippen molar-refractivity contribution in [3.63, 3.8) is 0 Å². The number of hydrogen-bond donors (Lipinski definition) is 3. The van der Waals surface area contributed by atoms with Crippen LogP contribution in [0.1, 0.15) is 26.7 Å². The van der Waals surface area contributed by atoms with Crippen LogP contribution in [-0.4, -0.2) is 45.5 Å². The average molecular weight is 276 g/mol. The van der Waals surface area contributed by atoms with Crippen molar-refractivity contribution < 1.29 is 4.74 Å². The number of nitrogens with one attached hydrogen (secondary N) is 3. The van der Waals surface area contributed by atoms with E-state index < -0.39 is 0 Å². The third-order valence-corrected chi connectivity index (χ3v) is 3.53. The van der Waals surface area contributed by atoms with Gasteiger partial charge in [0.15, 0.2) is 5.65 Å². The van der Waals surface area contributed by atoms with Gasteiger partial charge in [0.05, 0.1) is 23.7 Å². The molecule has 1 saturated heterocycles. The van der Waals surface area contributed by atoms with Gasteiger partial charge in [-0.05, 0) is 26.7 Å². The van der Waals surface area contributed by atoms with E-state index in [9.17, 15) is 0 Å². The van der Waals surface area contributed by atoms with E-state index in [-0.39, 0.29) is 12.1 Å². The van der Waals surface area contributed by atoms with Gasteiger partial charge in [-0.1, -0.05) is 0 Å². The molecular formula is C13H20N6O. The summed E-state index contributed by atoms with van der Waals surface area (Å²) in [5.74, 6) is 1.40. The van der Waals surface area contributed by atoms with Crippen LogP contribution in [0.4, 0.5) is 11.8 Å². The molecular weight excluding hydrogens is 256 g/mol. The Balaban J connectivity index is 1.86. The summed E-state index contributed by atoms with van der Waals surface area (Å²) < 4.78 is 5.71. The Hall–Kier alpha value is -1.89. The van der Waals surface area contributed by atoms with Gasteiger partial charge in [0, 0.05) is 13.2 Å². The number of aromatic amines is 1. The van der Waals surface area contributed by atoms with E-state index in [0.717, 1.165) is 42.8 Å². The minimum Gasteiger partial charge on any atom is -0.376 e. The standard InChI is InChI=1S/C13H20N6O/c1-3-14-13-17-11(9-7-15-19-12(9)18-13)16-8(2)10-5-4-6-20-10/h7-8,10H,3-6H2,1-2H3,(H3,14,15,16,17,18,19). The second-order valence-corrected chi connectivity index (χ2v) is 5.04. The Morgan fingerprint density at radius 3 is 3.15 bits per heavy atom. The van der Waals surface area contributed by atoms with E-state index >= 15 is 0 Å². The summed E-state index contributed by atoms with van der Waals surface area (Å²) >= 11 is 0. The van der Waals surface area contributed by atoms with E-state index in [1.165, 1.54) is 0 Å². The second kappa shape index (κ2) is 5.62. The quantitative estimate of drug-likeness (QED) is 0.771. The Morgan fingerprint density at radius 2 is 2.40 bits per heavy atom. The molecule has 7 heteroatoms. The monoisotopic (exact) mass is 276 g/mol. The van der Waals surface area contributed by atoms with Crippen molar-refractivity contribution >= 4 is 22.8 Å². The van der Waals surface area contributed by atoms with Gasteiger partial charge >= 0.3 is 0 Å². The molecule has 3 N–H and O–H groups in total. The fourth-order valence-corrected chi connectivity index (χ4v) is 2.49. The zero-order valence-electron chi connectivity index (χ0n) is 11.8. The highest BCUT2D eigenvalue weighted by atomic mass is 16.5. The molecule has 2 atom stereocenters. The fourth-order valence-electron chi connectivity index (χ4n) is 2.49. The molecule has 2 aromatic rings. The van der Waals surface area contributed by atoms with Gasteiger partial charge in [0.25, 0.3) is 0 Å². The number of aromatic nitrogens is 4. The molecule has 3 rings (SSSR count). The minimum absolute atomic E-state index is 0.208. The van der Waals surface area contributed by atoms with Crippen LogP contribution >= 0.6 is 0 Å². The predicted molar refractivity (Wildman–Crippen MR) is 77.9 cm³/mol. The van der Waals surface area contributed by atoms with Crippen molar-refractivity contribution in [1.29, 1.82) is 0 Å². The molecule has 0 aromatic carbocycles. The van der Waals surface area contributed by atoms with Gasteiger partial charge in [-0.3, -0.25) is 5.10 Å². The van der Waals surface area contributed by atoms with Gasteiger partial charge in [-0.25, -0.2) is 0 Å². The lowest BCUT2D eigenvalue weighted by Gasteiger charge is -2.21. The van der Waals surface area contributed by atoms with Crippen molar-refractivity contribution in [1.82, 2.24) is 20.2 Å². The number of fused-ring (bicyclic) bond motifs is 1. The molecule has 1 fully saturated rings. The first-order chi connectivity index (χ1) is 9.78. The summed E-state index contributed by atoms with van der Waals surface area (Å²) in [5.41, 5.74) is 0.734. The molecule has 1 aliphatic rings. The molecule has 0 saturated carbocycles. The van der Waals surface area contributed by atoms with E-state index in [0.29, 0.717) is 5.95 Å². The third kappa shape index (κ3) is 2.53. The van der Waals surface area contributed by atoms with Crippen molar-refractivity contribution in [2.45, 2.75) is 38.8 Å². The first kappa shape index (κ1) is 13.1. The number of hydrogen-bond acceptors (Lipinski definition) is 6. The van der Waals surface area contributed by atoms with Gasteiger partial charge in [0.2, 0.25) is 5.95 Å². The second-order valence-electron chi connectivity index (χ2n) is 5.04. The lowest BCUT2D eigenvalue weighted by atomic mass is 10.1. The summed E-state index contributed by atoms with van der Waals surface area (Å²) in [5, 5.41) is 14.4. The maximum atomic E-state index is 5.71. The van der Waals surface area contributed by atoms with Gasteiger partial charge in [-0.2, -0.15) is 15.1 Å². The summed E-state index contributed by atoms with van der Waals surface area (Å²) in [6.45, 7) is 5.77. The fraction of sp³-hybridized carbons (Fsp3) is 0.615. The maximum Gasteiger partial charge on any atom is 0.226 e. The summed E-state index contributed by atoms with van der Waals surface area (Å²) in [4.78, 5) is 8.90. The SMILES string of the molecule is CCNc1nc(NC(C)C2CCCO2)c2cn[nH]c2n1. The molecule has 2 aromatic heterocycles. The molecule has 0 radical (unpaired) electrons. The minimum atomic E-state index is 0.208. The normalized spacial score (nSPS) is 20.2. The lowest BCUT2D eigenvalue weighted by Crippen LogP contribution is -2.30. The Labute approximate surface area is 117 Å². The van der Waals surface area contributed by atoms with Crippen molar-refractivity contribution in [2.24, 2.45) is 0 Å². The highest BCUT2D eigenvalue weighted by Gasteiger charge is 2.23. The van der Waals surface area contributed by atoms with Gasteiger partial charge < -0.3 is 15.4 Å². The van der Waals surface area contributed by atoms with Crippen LogP contribution in [0.5, 0.6) is 0 Å². The van der Waals surface area contributed by atoms with Crippen molar-refractivity contribution in [2.75, 3.05) is 23.8 Å². The summed E-state index contributed by atoms with van der Waals surface area (Å²) in [6, 6.07) is 0.208. The van der Waals surface area contributed by atoms with Crippen molar-refractivity contribution in [3.05, 3.63) is 6.20 Å². The number of ether oxygens (including phenoxy) is 1. The van der Waals surface area contributed by atoms with Crippen LogP contribution in [0.3, 0.4) is 0 Å². The number of rotatable bonds is 5. The first-order valence-corrected chi connectivity index (χ1v) is 7.11. The van der Waals surface area contributed by atoms with Crippen LogP contribution in [0.25, 0.3) is 11.0 Å². The highest BCUT2D eigenvalue weighted by Crippen LogP contribution is 2.23. The Kier molecular flexibility index (Phi) is 3.68. The highest BCUT2D eigenvalue weighted by molar-refractivity contribution is 5.87. The Morgan fingerprint density at radius 1 is 1.50 bits per heavy atom. The van der Waals surface area contributed by atoms with E-state index in [1.54, 1.807) is 6.20 Å². The summed E-state index contributed by atoms with van der Waals surface area (Å²) in [6.07, 6.45) is 4.21. The number of anilines is 2. The lowest BCUT2D eigenvalue weighted by molar-refractivity contribution is 0.0996. The largest absolute Gasteiger partial charge is 0.376 e. The van der Waals surface area contributed by atoms with Gasteiger partial charge in [0.1, 0.15) is 5.82 Å². The molecule has 108 valence electrons. The molecule has 0 aliphatic carbocycles. The zero-order valence-corrected chi connectivity index (χ0v) is 11.8.